The Morgan fingerprint density at radius 2 is 2.27 bits per heavy atom. The van der Waals surface area contributed by atoms with Gasteiger partial charge in [-0.2, -0.15) is 11.8 Å². The topological polar surface area (TPSA) is 41.6 Å². The van der Waals surface area contributed by atoms with E-state index in [1.165, 1.54) is 0 Å². The molecule has 1 aromatic rings. The second kappa shape index (κ2) is 8.93. The fourth-order valence-electron chi connectivity index (χ4n) is 2.76. The molecule has 1 aliphatic heterocycles. The van der Waals surface area contributed by atoms with Crippen LogP contribution in [0.4, 0.5) is 5.69 Å². The molecular formula is C17H26N2O2S. The number of carbonyl (C=O) groups excluding carboxylic acids is 1. The van der Waals surface area contributed by atoms with Gasteiger partial charge >= 0.3 is 0 Å². The van der Waals surface area contributed by atoms with Gasteiger partial charge in [0.05, 0.1) is 12.8 Å². The maximum atomic E-state index is 11.8. The Kier molecular flexibility index (Phi) is 6.90. The number of ether oxygens (including phenoxy) is 1. The monoisotopic (exact) mass is 322 g/mol. The number of thioether (sulfide) groups is 1. The highest BCUT2D eigenvalue weighted by molar-refractivity contribution is 7.99. The average Bonchev–Trinajstić information content (AvgIpc) is 3.02. The molecule has 0 spiro atoms. The maximum Gasteiger partial charge on any atom is 0.220 e. The van der Waals surface area contributed by atoms with Crippen LogP contribution in [0, 0.1) is 5.92 Å². The quantitative estimate of drug-likeness (QED) is 0.747. The molecule has 0 radical (unpaired) electrons. The van der Waals surface area contributed by atoms with Crippen LogP contribution in [0.5, 0.6) is 5.75 Å². The number of para-hydroxylation sites is 2. The van der Waals surface area contributed by atoms with E-state index in [0.29, 0.717) is 12.3 Å². The zero-order valence-corrected chi connectivity index (χ0v) is 14.3. The Bertz CT molecular complexity index is 481. The average molecular weight is 322 g/mol. The number of carbonyl (C=O) groups is 1. The van der Waals surface area contributed by atoms with Gasteiger partial charge in [0.15, 0.2) is 0 Å². The van der Waals surface area contributed by atoms with Gasteiger partial charge in [-0.25, -0.2) is 0 Å². The molecule has 4 nitrogen and oxygen atoms in total. The molecule has 2 rings (SSSR count). The van der Waals surface area contributed by atoms with Gasteiger partial charge in [-0.1, -0.05) is 19.1 Å². The summed E-state index contributed by atoms with van der Waals surface area (Å²) in [6.07, 6.45) is 1.74. The smallest absolute Gasteiger partial charge is 0.220 e. The number of hydrogen-bond acceptors (Lipinski definition) is 4. The van der Waals surface area contributed by atoms with Crippen molar-refractivity contribution in [1.82, 2.24) is 5.32 Å². The summed E-state index contributed by atoms with van der Waals surface area (Å²) in [6, 6.07) is 8.13. The van der Waals surface area contributed by atoms with E-state index in [-0.39, 0.29) is 5.91 Å². The number of nitrogens with one attached hydrogen (secondary N) is 1. The fourth-order valence-corrected chi connectivity index (χ4v) is 3.38. The van der Waals surface area contributed by atoms with Crippen molar-refractivity contribution in [3.63, 3.8) is 0 Å². The SMILES string of the molecule is CCSCCC(=O)NC[C@H]1CCN(c2ccccc2OC)C1. The summed E-state index contributed by atoms with van der Waals surface area (Å²) in [4.78, 5) is 14.1. The van der Waals surface area contributed by atoms with Gasteiger partial charge in [0.25, 0.3) is 0 Å². The Hall–Kier alpha value is -1.36. The van der Waals surface area contributed by atoms with Crippen LogP contribution in [0.2, 0.25) is 0 Å². The summed E-state index contributed by atoms with van der Waals surface area (Å²) in [6.45, 7) is 4.89. The van der Waals surface area contributed by atoms with Crippen molar-refractivity contribution in [2.45, 2.75) is 19.8 Å². The fraction of sp³-hybridized carbons (Fsp3) is 0.588. The minimum Gasteiger partial charge on any atom is -0.495 e. The van der Waals surface area contributed by atoms with Gasteiger partial charge in [0, 0.05) is 31.8 Å². The molecule has 1 N–H and O–H groups in total. The third kappa shape index (κ3) is 4.83. The molecule has 0 saturated carbocycles. The van der Waals surface area contributed by atoms with E-state index >= 15 is 0 Å². The highest BCUT2D eigenvalue weighted by Gasteiger charge is 2.24. The van der Waals surface area contributed by atoms with E-state index in [4.69, 9.17) is 4.74 Å². The van der Waals surface area contributed by atoms with Gasteiger partial charge < -0.3 is 15.0 Å². The van der Waals surface area contributed by atoms with E-state index in [0.717, 1.165) is 49.0 Å². The first kappa shape index (κ1) is 17.0. The summed E-state index contributed by atoms with van der Waals surface area (Å²) in [5.41, 5.74) is 1.15. The molecule has 1 fully saturated rings. The normalized spacial score (nSPS) is 17.5. The van der Waals surface area contributed by atoms with Gasteiger partial charge in [-0.05, 0) is 30.2 Å². The molecule has 1 atom stereocenters. The van der Waals surface area contributed by atoms with E-state index in [9.17, 15) is 4.79 Å². The molecule has 122 valence electrons. The minimum absolute atomic E-state index is 0.177. The largest absolute Gasteiger partial charge is 0.495 e. The van der Waals surface area contributed by atoms with E-state index in [2.05, 4.69) is 23.2 Å². The van der Waals surface area contributed by atoms with E-state index < -0.39 is 0 Å². The molecule has 0 bridgehead atoms. The molecule has 22 heavy (non-hydrogen) atoms. The predicted octanol–water partition coefficient (Wildman–Crippen LogP) is 2.78. The molecule has 5 heteroatoms. The highest BCUT2D eigenvalue weighted by atomic mass is 32.2. The number of benzene rings is 1. The number of anilines is 1. The lowest BCUT2D eigenvalue weighted by atomic mass is 10.1. The molecule has 0 unspecified atom stereocenters. The molecule has 1 aromatic carbocycles. The second-order valence-electron chi connectivity index (χ2n) is 5.52. The zero-order valence-electron chi connectivity index (χ0n) is 13.5. The van der Waals surface area contributed by atoms with Gasteiger partial charge in [0.2, 0.25) is 5.91 Å². The molecular weight excluding hydrogens is 296 g/mol. The number of nitrogens with zero attached hydrogens (tertiary/aromatic N) is 1. The number of rotatable bonds is 8. The van der Waals surface area contributed by atoms with Crippen LogP contribution in [-0.2, 0) is 4.79 Å². The van der Waals surface area contributed by atoms with Crippen molar-refractivity contribution < 1.29 is 9.53 Å². The highest BCUT2D eigenvalue weighted by Crippen LogP contribution is 2.31. The molecule has 0 aliphatic carbocycles. The van der Waals surface area contributed by atoms with Crippen molar-refractivity contribution in [2.75, 3.05) is 43.1 Å². The first-order valence-electron chi connectivity index (χ1n) is 7.97. The first-order chi connectivity index (χ1) is 10.7. The molecule has 1 saturated heterocycles. The Balaban J connectivity index is 1.77. The molecule has 0 aromatic heterocycles. The van der Waals surface area contributed by atoms with Crippen molar-refractivity contribution in [3.05, 3.63) is 24.3 Å². The van der Waals surface area contributed by atoms with E-state index in [1.807, 2.05) is 30.0 Å². The standard InChI is InChI=1S/C17H26N2O2S/c1-3-22-11-9-17(20)18-12-14-8-10-19(13-14)15-6-4-5-7-16(15)21-2/h4-7,14H,3,8-13H2,1-2H3,(H,18,20)/t14-/m1/s1. The summed E-state index contributed by atoms with van der Waals surface area (Å²) in [7, 11) is 1.71. The summed E-state index contributed by atoms with van der Waals surface area (Å²) in [5.74, 6) is 3.61. The van der Waals surface area contributed by atoms with Crippen LogP contribution in [0.1, 0.15) is 19.8 Å². The lowest BCUT2D eigenvalue weighted by molar-refractivity contribution is -0.120. The van der Waals surface area contributed by atoms with Crippen LogP contribution >= 0.6 is 11.8 Å². The van der Waals surface area contributed by atoms with Crippen molar-refractivity contribution >= 4 is 23.4 Å². The lowest BCUT2D eigenvalue weighted by Crippen LogP contribution is -2.31. The summed E-state index contributed by atoms with van der Waals surface area (Å²) >= 11 is 1.81. The van der Waals surface area contributed by atoms with Crippen molar-refractivity contribution in [2.24, 2.45) is 5.92 Å². The van der Waals surface area contributed by atoms with Gasteiger partial charge in [-0.3, -0.25) is 4.79 Å². The molecule has 1 amide bonds. The van der Waals surface area contributed by atoms with Crippen molar-refractivity contribution in [1.29, 1.82) is 0 Å². The number of amides is 1. The van der Waals surface area contributed by atoms with Crippen LogP contribution in [0.25, 0.3) is 0 Å². The van der Waals surface area contributed by atoms with Gasteiger partial charge in [0.1, 0.15) is 5.75 Å². The zero-order chi connectivity index (χ0) is 15.8. The minimum atomic E-state index is 0.177. The van der Waals surface area contributed by atoms with Gasteiger partial charge in [-0.15, -0.1) is 0 Å². The second-order valence-corrected chi connectivity index (χ2v) is 6.92. The van der Waals surface area contributed by atoms with Crippen molar-refractivity contribution in [3.8, 4) is 5.75 Å². The number of hydrogen-bond donors (Lipinski definition) is 1. The van der Waals surface area contributed by atoms with Crippen LogP contribution in [-0.4, -0.2) is 44.2 Å². The summed E-state index contributed by atoms with van der Waals surface area (Å²) in [5, 5.41) is 3.07. The molecule has 1 aliphatic rings. The van der Waals surface area contributed by atoms with Crippen LogP contribution in [0.3, 0.4) is 0 Å². The third-order valence-electron chi connectivity index (χ3n) is 3.98. The summed E-state index contributed by atoms with van der Waals surface area (Å²) < 4.78 is 5.43. The molecule has 1 heterocycles. The first-order valence-corrected chi connectivity index (χ1v) is 9.12. The Morgan fingerprint density at radius 3 is 3.05 bits per heavy atom. The van der Waals surface area contributed by atoms with Crippen LogP contribution < -0.4 is 15.0 Å². The Morgan fingerprint density at radius 1 is 1.45 bits per heavy atom. The third-order valence-corrected chi connectivity index (χ3v) is 4.88. The maximum absolute atomic E-state index is 11.8. The number of methoxy groups -OCH3 is 1. The Labute approximate surface area is 137 Å². The lowest BCUT2D eigenvalue weighted by Gasteiger charge is -2.21. The van der Waals surface area contributed by atoms with Crippen LogP contribution in [0.15, 0.2) is 24.3 Å². The predicted molar refractivity (Wildman–Crippen MR) is 93.9 cm³/mol. The van der Waals surface area contributed by atoms with E-state index in [1.54, 1.807) is 7.11 Å².